The molecule has 19 N–H and O–H groups in total. The topological polar surface area (TPSA) is 588 Å². The van der Waals surface area contributed by atoms with Gasteiger partial charge in [-0.05, 0) is 75.5 Å². The molecule has 4 aliphatic heterocycles. The molecule has 0 aromatic carbocycles. The second-order valence-electron chi connectivity index (χ2n) is 25.3. The van der Waals surface area contributed by atoms with Gasteiger partial charge in [0, 0.05) is 30.9 Å². The van der Waals surface area contributed by atoms with Crippen molar-refractivity contribution < 1.29 is 178 Å². The van der Waals surface area contributed by atoms with Crippen LogP contribution in [0.2, 0.25) is 0 Å². The number of allylic oxidation sites excluding steroid dienone is 2. The van der Waals surface area contributed by atoms with Gasteiger partial charge in [-0.3, -0.25) is 9.59 Å². The molecule has 8 aliphatic rings. The molecule has 4 saturated carbocycles. The van der Waals surface area contributed by atoms with E-state index in [1.54, 1.807) is 0 Å². The number of aliphatic hydroxyl groups excluding tert-OH is 17. The van der Waals surface area contributed by atoms with Gasteiger partial charge in [-0.25, -0.2) is 19.2 Å². The maximum atomic E-state index is 13.4. The number of carboxylic acid groups (broad SMARTS) is 2. The molecule has 0 aromatic heterocycles. The van der Waals surface area contributed by atoms with Gasteiger partial charge in [-0.15, -0.1) is 0 Å². The number of esters is 4. The van der Waals surface area contributed by atoms with Crippen molar-refractivity contribution in [2.45, 2.75) is 255 Å². The Labute approximate surface area is 534 Å². The lowest BCUT2D eigenvalue weighted by Gasteiger charge is -2.52. The number of carbonyl (C=O) groups excluding carboxylic acids is 4. The van der Waals surface area contributed by atoms with Crippen LogP contribution in [0.1, 0.15) is 77.0 Å². The Kier molecular flexibility index (Phi) is 26.6. The van der Waals surface area contributed by atoms with E-state index in [4.69, 9.17) is 52.5 Å². The van der Waals surface area contributed by atoms with Gasteiger partial charge >= 0.3 is 35.8 Å². The summed E-state index contributed by atoms with van der Waals surface area (Å²) in [6.45, 7) is -2.77. The lowest BCUT2D eigenvalue weighted by atomic mass is 9.72. The summed E-state index contributed by atoms with van der Waals surface area (Å²) in [6.07, 6.45) is -46.5. The zero-order chi connectivity index (χ0) is 68.7. The molecule has 0 amide bonds. The summed E-state index contributed by atoms with van der Waals surface area (Å²) in [4.78, 5) is 74.6. The SMILES string of the molecule is O=C(C=CC1CCC(O)C(O)C1)OCC1OC(OC2CC(O)C3CC(OC4OC(COC(=O)CC(=O)OC(C(=O)O)C(O)C(=O)O)C(O)C(O)C4OC4OC(CO)C(O)C(O)C4OC(=O)C=CC4CCC(O)C(O)C4)C(C4CC(O)C(O)C(O)C4)OC3C2)C(O)C(O)C1O. The average Bonchev–Trinajstić information content (AvgIpc) is 0.767. The highest BCUT2D eigenvalue weighted by atomic mass is 16.8. The van der Waals surface area contributed by atoms with Crippen LogP contribution in [0.15, 0.2) is 24.3 Å². The highest BCUT2D eigenvalue weighted by Gasteiger charge is 2.57. The molecular weight excluding hydrogens is 1270 g/mol. The van der Waals surface area contributed by atoms with Crippen molar-refractivity contribution in [3.05, 3.63) is 24.3 Å². The lowest BCUT2D eigenvalue weighted by Crippen LogP contribution is -2.66. The molecule has 534 valence electrons. The summed E-state index contributed by atoms with van der Waals surface area (Å²) in [6, 6.07) is 0. The molecule has 0 bridgehead atoms. The van der Waals surface area contributed by atoms with Crippen molar-refractivity contribution in [2.75, 3.05) is 19.8 Å². The van der Waals surface area contributed by atoms with Crippen LogP contribution in [0, 0.1) is 23.7 Å². The maximum absolute atomic E-state index is 13.4. The fourth-order valence-electron chi connectivity index (χ4n) is 13.2. The number of hydrogen-bond acceptors (Lipinski definition) is 34. The smallest absolute Gasteiger partial charge is 0.348 e. The summed E-state index contributed by atoms with van der Waals surface area (Å²) < 4.78 is 63.8. The maximum Gasteiger partial charge on any atom is 0.348 e. The Balaban J connectivity index is 1.03. The molecular formula is C58H86O36. The third kappa shape index (κ3) is 18.6. The van der Waals surface area contributed by atoms with Crippen LogP contribution in [0.4, 0.5) is 0 Å². The fourth-order valence-corrected chi connectivity index (χ4v) is 13.2. The van der Waals surface area contributed by atoms with Crippen molar-refractivity contribution in [1.29, 1.82) is 0 Å². The number of hydrogen-bond donors (Lipinski definition) is 19. The normalized spacial score (nSPS) is 44.4. The number of rotatable bonds is 23. The first-order chi connectivity index (χ1) is 44.4. The molecule has 0 radical (unpaired) electrons. The van der Waals surface area contributed by atoms with Gasteiger partial charge in [0.05, 0.1) is 73.8 Å². The zero-order valence-electron chi connectivity index (χ0n) is 50.4. The molecule has 94 heavy (non-hydrogen) atoms. The average molecular weight is 1360 g/mol. The summed E-state index contributed by atoms with van der Waals surface area (Å²) in [5.41, 5.74) is 0. The molecule has 4 aliphatic carbocycles. The molecule has 8 fully saturated rings. The van der Waals surface area contributed by atoms with Gasteiger partial charge in [0.1, 0.15) is 92.9 Å². The molecule has 4 heterocycles. The van der Waals surface area contributed by atoms with Gasteiger partial charge in [0.25, 0.3) is 0 Å². The molecule has 4 saturated heterocycles. The van der Waals surface area contributed by atoms with Crippen LogP contribution in [0.25, 0.3) is 0 Å². The summed E-state index contributed by atoms with van der Waals surface area (Å²) in [5.74, 6) is -12.1. The highest BCUT2D eigenvalue weighted by molar-refractivity contribution is 5.93. The largest absolute Gasteiger partial charge is 0.479 e. The van der Waals surface area contributed by atoms with Crippen LogP contribution < -0.4 is 0 Å². The highest BCUT2D eigenvalue weighted by Crippen LogP contribution is 2.45. The lowest BCUT2D eigenvalue weighted by molar-refractivity contribution is -0.379. The van der Waals surface area contributed by atoms with E-state index in [2.05, 4.69) is 4.74 Å². The van der Waals surface area contributed by atoms with Crippen LogP contribution >= 0.6 is 0 Å². The van der Waals surface area contributed by atoms with Crippen LogP contribution in [0.5, 0.6) is 0 Å². The van der Waals surface area contributed by atoms with E-state index in [1.165, 1.54) is 12.2 Å². The minimum atomic E-state index is -2.77. The van der Waals surface area contributed by atoms with Crippen LogP contribution in [-0.2, 0) is 80.9 Å². The first kappa shape index (κ1) is 75.1. The van der Waals surface area contributed by atoms with E-state index in [9.17, 15) is 121 Å². The van der Waals surface area contributed by atoms with Gasteiger partial charge in [0.2, 0.25) is 6.10 Å². The minimum Gasteiger partial charge on any atom is -0.479 e. The van der Waals surface area contributed by atoms with E-state index in [-0.39, 0.29) is 57.3 Å². The van der Waals surface area contributed by atoms with E-state index >= 15 is 0 Å². The number of carbonyl (C=O) groups is 6. The van der Waals surface area contributed by atoms with Gasteiger partial charge in [-0.2, -0.15) is 0 Å². The second kappa shape index (κ2) is 33.3. The Hall–Kier alpha value is -4.66. The number of aliphatic hydroxyl groups is 17. The summed E-state index contributed by atoms with van der Waals surface area (Å²) >= 11 is 0. The molecule has 0 aromatic rings. The Morgan fingerprint density at radius 3 is 1.60 bits per heavy atom. The predicted octanol–water partition coefficient (Wildman–Crippen LogP) is -8.76. The van der Waals surface area contributed by atoms with Gasteiger partial charge < -0.3 is 149 Å². The minimum absolute atomic E-state index is 0.0586. The van der Waals surface area contributed by atoms with E-state index in [0.29, 0.717) is 19.3 Å². The van der Waals surface area contributed by atoms with E-state index in [1.807, 2.05) is 0 Å². The quantitative estimate of drug-likeness (QED) is 0.0195. The molecule has 8 rings (SSSR count). The monoisotopic (exact) mass is 1360 g/mol. The van der Waals surface area contributed by atoms with Crippen molar-refractivity contribution in [2.24, 2.45) is 23.7 Å². The number of fused-ring (bicyclic) bond motifs is 1. The number of carboxylic acids is 2. The van der Waals surface area contributed by atoms with Crippen LogP contribution in [-0.4, -0.2) is 330 Å². The van der Waals surface area contributed by atoms with Crippen molar-refractivity contribution in [3.8, 4) is 0 Å². The molecule has 0 spiro atoms. The van der Waals surface area contributed by atoms with Gasteiger partial charge in [-0.1, -0.05) is 12.2 Å². The Morgan fingerprint density at radius 2 is 1.01 bits per heavy atom. The first-order valence-corrected chi connectivity index (χ1v) is 31.1. The van der Waals surface area contributed by atoms with Crippen molar-refractivity contribution in [1.82, 2.24) is 0 Å². The van der Waals surface area contributed by atoms with Crippen molar-refractivity contribution >= 4 is 35.8 Å². The molecule has 31 atom stereocenters. The third-order valence-corrected chi connectivity index (χ3v) is 18.6. The standard InChI is InChI=1S/C58H86O36/c59-17-34-42(72)46(76)52(92-38(68)8-4-21-2-6-26(61)29(64)10-21)58(89-34)94-53-47(77)44(74)36(19-85-39(69)16-40(70)93-51(55(82)83)49(79)54(80)81)91-57(53)88-33-15-24-27(62)13-23(14-32(24)87-50(33)22-11-30(65)41(71)31(66)12-22)86-56-48(78)45(75)43(73)35(90-56)18-84-37(67)7-3-20-1-5-25(60)28(63)9-20/h3-4,7-8,20-36,41-53,56-66,71-79H,1-2,5-6,9-19H2,(H,80,81)(H,82,83). The molecule has 36 heteroatoms. The molecule has 31 unspecified atom stereocenters. The van der Waals surface area contributed by atoms with Crippen molar-refractivity contribution in [3.63, 3.8) is 0 Å². The zero-order valence-corrected chi connectivity index (χ0v) is 50.4. The Morgan fingerprint density at radius 1 is 0.468 bits per heavy atom. The third-order valence-electron chi connectivity index (χ3n) is 18.6. The van der Waals surface area contributed by atoms with Crippen LogP contribution in [0.3, 0.4) is 0 Å². The molecule has 36 nitrogen and oxygen atoms in total. The van der Waals surface area contributed by atoms with E-state index in [0.717, 1.165) is 12.2 Å². The summed E-state index contributed by atoms with van der Waals surface area (Å²) in [5, 5.41) is 202. The fraction of sp³-hybridized carbons (Fsp3) is 0.828. The summed E-state index contributed by atoms with van der Waals surface area (Å²) in [7, 11) is 0. The van der Waals surface area contributed by atoms with Gasteiger partial charge in [0.15, 0.2) is 31.1 Å². The Bertz CT molecular complexity index is 2580. The second-order valence-corrected chi connectivity index (χ2v) is 25.3. The number of aliphatic carboxylic acids is 2. The number of ether oxygens (including phenoxy) is 11. The first-order valence-electron chi connectivity index (χ1n) is 31.1. The van der Waals surface area contributed by atoms with E-state index < -0.39 is 257 Å². The predicted molar refractivity (Wildman–Crippen MR) is 297 cm³/mol.